The van der Waals surface area contributed by atoms with Crippen LogP contribution in [-0.2, 0) is 0 Å². The maximum atomic E-state index is 15.2. The first kappa shape index (κ1) is 25.0. The van der Waals surface area contributed by atoms with Crippen molar-refractivity contribution >= 4 is 11.6 Å². The summed E-state index contributed by atoms with van der Waals surface area (Å²) >= 11 is 6.06. The van der Waals surface area contributed by atoms with Crippen molar-refractivity contribution in [1.82, 2.24) is 44.8 Å². The normalized spacial score (nSPS) is 17.6. The molecule has 4 aromatic heterocycles. The quantitative estimate of drug-likeness (QED) is 0.207. The molecule has 39 heavy (non-hydrogen) atoms. The maximum absolute atomic E-state index is 15.2. The Labute approximate surface area is 224 Å². The molecule has 0 radical (unpaired) electrons. The molecule has 1 unspecified atom stereocenters. The molecule has 1 fully saturated rings. The Morgan fingerprint density at radius 1 is 1.18 bits per heavy atom. The van der Waals surface area contributed by atoms with Crippen LogP contribution in [0.25, 0.3) is 28.2 Å². The fourth-order valence-electron chi connectivity index (χ4n) is 4.78. The zero-order valence-corrected chi connectivity index (χ0v) is 21.1. The van der Waals surface area contributed by atoms with Gasteiger partial charge in [-0.15, -0.1) is 5.10 Å². The van der Waals surface area contributed by atoms with Crippen LogP contribution in [0, 0.1) is 22.9 Å². The molecule has 1 aliphatic rings. The molecule has 0 saturated heterocycles. The van der Waals surface area contributed by atoms with Gasteiger partial charge in [0.15, 0.2) is 17.8 Å². The summed E-state index contributed by atoms with van der Waals surface area (Å²) in [6, 6.07) is 5.65. The summed E-state index contributed by atoms with van der Waals surface area (Å²) < 4.78 is 45.9. The maximum Gasteiger partial charge on any atom is 0.335 e. The molecule has 6 rings (SSSR count). The number of benzene rings is 1. The molecule has 1 aromatic carbocycles. The molecule has 0 aliphatic heterocycles. The molecule has 3 atom stereocenters. The van der Waals surface area contributed by atoms with E-state index in [0.717, 1.165) is 12.7 Å². The molecule has 1 aliphatic carbocycles. The van der Waals surface area contributed by atoms with Gasteiger partial charge in [-0.2, -0.15) is 33.1 Å². The zero-order valence-electron chi connectivity index (χ0n) is 20.3. The summed E-state index contributed by atoms with van der Waals surface area (Å²) in [5, 5.41) is 32.3. The first-order valence-corrected chi connectivity index (χ1v) is 12.4. The largest absolute Gasteiger partial charge is 0.618 e. The highest BCUT2D eigenvalue weighted by atomic mass is 35.5. The van der Waals surface area contributed by atoms with Crippen molar-refractivity contribution in [2.45, 2.75) is 32.4 Å². The number of rotatable bonds is 8. The van der Waals surface area contributed by atoms with Crippen molar-refractivity contribution in [3.63, 3.8) is 0 Å². The van der Waals surface area contributed by atoms with Gasteiger partial charge in [-0.3, -0.25) is 4.68 Å². The van der Waals surface area contributed by atoms with E-state index in [4.69, 9.17) is 11.6 Å². The van der Waals surface area contributed by atoms with Gasteiger partial charge in [0, 0.05) is 12.3 Å². The third-order valence-corrected chi connectivity index (χ3v) is 7.27. The summed E-state index contributed by atoms with van der Waals surface area (Å²) in [7, 11) is 0. The fraction of sp³-hybridized carbons (Fsp3) is 0.292. The van der Waals surface area contributed by atoms with E-state index in [2.05, 4.69) is 37.6 Å². The number of hydrogen-bond acceptors (Lipinski definition) is 7. The molecule has 0 N–H and O–H groups in total. The number of halogens is 4. The number of nitrogens with zero attached hydrogens (tertiary/aromatic N) is 10. The van der Waals surface area contributed by atoms with E-state index in [1.807, 2.05) is 0 Å². The van der Waals surface area contributed by atoms with Gasteiger partial charge in [-0.05, 0) is 53.3 Å². The van der Waals surface area contributed by atoms with Crippen molar-refractivity contribution in [3.05, 3.63) is 77.3 Å². The van der Waals surface area contributed by atoms with Crippen LogP contribution in [0.1, 0.15) is 38.1 Å². The molecule has 200 valence electrons. The average molecular weight is 557 g/mol. The van der Waals surface area contributed by atoms with Crippen LogP contribution >= 0.6 is 11.6 Å². The van der Waals surface area contributed by atoms with E-state index < -0.39 is 18.4 Å². The Balaban J connectivity index is 1.40. The van der Waals surface area contributed by atoms with E-state index in [0.29, 0.717) is 44.6 Å². The zero-order chi connectivity index (χ0) is 27.3. The first-order valence-electron chi connectivity index (χ1n) is 12.0. The Morgan fingerprint density at radius 2 is 2.00 bits per heavy atom. The summed E-state index contributed by atoms with van der Waals surface area (Å²) in [4.78, 5) is 3.94. The minimum Gasteiger partial charge on any atom is -0.618 e. The SMILES string of the molecule is CC1C[C@@H]1C[C@@H](c1ccc(-c2c(-n3cnnn3)ccc(Cl)c2F)c[n+]1[O-])n1cc(-c2ncnn2C(F)F)cn1. The summed E-state index contributed by atoms with van der Waals surface area (Å²) in [6.45, 7) is -0.742. The summed E-state index contributed by atoms with van der Waals surface area (Å²) in [5.74, 6) is 0.0967. The first-order chi connectivity index (χ1) is 18.8. The highest BCUT2D eigenvalue weighted by molar-refractivity contribution is 6.31. The lowest BCUT2D eigenvalue weighted by molar-refractivity contribution is -0.615. The van der Waals surface area contributed by atoms with Crippen molar-refractivity contribution in [2.24, 2.45) is 11.8 Å². The van der Waals surface area contributed by atoms with Crippen LogP contribution in [0.5, 0.6) is 0 Å². The molecular weight excluding hydrogens is 537 g/mol. The number of tetrazole rings is 1. The lowest BCUT2D eigenvalue weighted by Crippen LogP contribution is -2.35. The average Bonchev–Trinajstić information content (AvgIpc) is 3.44. The van der Waals surface area contributed by atoms with Crippen LogP contribution in [0.15, 0.2) is 55.5 Å². The highest BCUT2D eigenvalue weighted by Gasteiger charge is 2.38. The van der Waals surface area contributed by atoms with E-state index in [1.54, 1.807) is 29.1 Å². The van der Waals surface area contributed by atoms with Gasteiger partial charge >= 0.3 is 6.55 Å². The Kier molecular flexibility index (Phi) is 6.25. The number of aromatic nitrogens is 10. The van der Waals surface area contributed by atoms with Gasteiger partial charge in [-0.25, -0.2) is 9.37 Å². The number of alkyl halides is 2. The van der Waals surface area contributed by atoms with Crippen LogP contribution in [-0.4, -0.2) is 44.8 Å². The molecule has 11 nitrogen and oxygen atoms in total. The molecule has 5 aromatic rings. The van der Waals surface area contributed by atoms with Gasteiger partial charge in [0.25, 0.3) is 0 Å². The van der Waals surface area contributed by atoms with Crippen LogP contribution in [0.2, 0.25) is 5.02 Å². The minimum absolute atomic E-state index is 0.0355. The van der Waals surface area contributed by atoms with Gasteiger partial charge in [0.05, 0.1) is 33.6 Å². The van der Waals surface area contributed by atoms with E-state index >= 15 is 4.39 Å². The summed E-state index contributed by atoms with van der Waals surface area (Å²) in [5.41, 5.74) is 1.32. The van der Waals surface area contributed by atoms with Crippen molar-refractivity contribution in [3.8, 4) is 28.2 Å². The fourth-order valence-corrected chi connectivity index (χ4v) is 4.94. The third kappa shape index (κ3) is 4.60. The van der Waals surface area contributed by atoms with Crippen molar-refractivity contribution in [2.75, 3.05) is 0 Å². The van der Waals surface area contributed by atoms with E-state index in [9.17, 15) is 14.0 Å². The number of hydrogen-bond donors (Lipinski definition) is 0. The molecule has 0 amide bonds. The Morgan fingerprint density at radius 3 is 2.69 bits per heavy atom. The summed E-state index contributed by atoms with van der Waals surface area (Å²) in [6.07, 6.45) is 8.21. The minimum atomic E-state index is -2.87. The van der Waals surface area contributed by atoms with Crippen molar-refractivity contribution < 1.29 is 17.9 Å². The molecule has 1 saturated carbocycles. The molecule has 0 spiro atoms. The second-order valence-electron chi connectivity index (χ2n) is 9.42. The second-order valence-corrected chi connectivity index (χ2v) is 9.82. The standard InChI is InChI=1S/C24H20ClF3N10O/c1-13-6-15(13)7-20(35-9-16(8-31-35)23-29-11-32-38(23)24(27)28)18-4-2-14(10-37(18)39)21-19(36-12-30-33-34-36)5-3-17(25)22(21)26/h2-5,8-13,15,20,24H,6-7H2,1H3/t13?,15-,20+/m1/s1. The lowest BCUT2D eigenvalue weighted by Gasteiger charge is -2.18. The number of pyridine rings is 1. The van der Waals surface area contributed by atoms with Gasteiger partial charge in [-0.1, -0.05) is 18.5 Å². The van der Waals surface area contributed by atoms with Crippen LogP contribution in [0.4, 0.5) is 13.2 Å². The Hall–Kier alpha value is -4.33. The second kappa shape index (κ2) is 9.76. The molecule has 4 heterocycles. The Bertz CT molecular complexity index is 1640. The van der Waals surface area contributed by atoms with Gasteiger partial charge < -0.3 is 5.21 Å². The molecule has 15 heteroatoms. The predicted molar refractivity (Wildman–Crippen MR) is 131 cm³/mol. The highest BCUT2D eigenvalue weighted by Crippen LogP contribution is 2.45. The lowest BCUT2D eigenvalue weighted by atomic mass is 10.0. The monoisotopic (exact) mass is 556 g/mol. The van der Waals surface area contributed by atoms with Crippen molar-refractivity contribution in [1.29, 1.82) is 0 Å². The van der Waals surface area contributed by atoms with E-state index in [-0.39, 0.29) is 22.0 Å². The topological polar surface area (TPSA) is 119 Å². The van der Waals surface area contributed by atoms with Crippen LogP contribution < -0.4 is 4.73 Å². The molecular formula is C24H20ClF3N10O. The predicted octanol–water partition coefficient (Wildman–Crippen LogP) is 4.24. The third-order valence-electron chi connectivity index (χ3n) is 6.98. The smallest absolute Gasteiger partial charge is 0.335 e. The van der Waals surface area contributed by atoms with Gasteiger partial charge in [0.2, 0.25) is 5.69 Å². The molecule has 0 bridgehead atoms. The van der Waals surface area contributed by atoms with Gasteiger partial charge in [0.1, 0.15) is 18.7 Å². The van der Waals surface area contributed by atoms with Crippen LogP contribution in [0.3, 0.4) is 0 Å². The van der Waals surface area contributed by atoms with E-state index in [1.165, 1.54) is 29.5 Å².